The second-order valence-electron chi connectivity index (χ2n) is 6.01. The van der Waals surface area contributed by atoms with Gasteiger partial charge in [-0.2, -0.15) is 13.2 Å². The molecular weight excluding hydrogens is 331 g/mol. The van der Waals surface area contributed by atoms with E-state index in [4.69, 9.17) is 4.74 Å². The van der Waals surface area contributed by atoms with Gasteiger partial charge in [-0.15, -0.1) is 0 Å². The number of carbonyl (C=O) groups excluding carboxylic acids is 1. The lowest BCUT2D eigenvalue weighted by atomic mass is 9.98. The monoisotopic (exact) mass is 349 g/mol. The topological polar surface area (TPSA) is 29.5 Å². The van der Waals surface area contributed by atoms with Crippen LogP contribution in [-0.4, -0.2) is 25.7 Å². The number of alkyl halides is 3. The van der Waals surface area contributed by atoms with E-state index < -0.39 is 12.6 Å². The van der Waals surface area contributed by atoms with E-state index in [2.05, 4.69) is 0 Å². The van der Waals surface area contributed by atoms with Gasteiger partial charge in [-0.3, -0.25) is 4.79 Å². The minimum Gasteiger partial charge on any atom is -0.497 e. The third-order valence-corrected chi connectivity index (χ3v) is 4.34. The standard InChI is InChI=1S/C19H18F3NO2/c1-25-16-6-7-17-14(12-16)9-11-23(18(17)24)15-4-2-13(3-5-15)8-10-19(20,21)22/h2-7,12H,8-11H2,1H3. The van der Waals surface area contributed by atoms with E-state index in [0.717, 1.165) is 5.56 Å². The van der Waals surface area contributed by atoms with Gasteiger partial charge >= 0.3 is 6.18 Å². The van der Waals surface area contributed by atoms with Gasteiger partial charge in [0, 0.05) is 24.2 Å². The third-order valence-electron chi connectivity index (χ3n) is 4.34. The highest BCUT2D eigenvalue weighted by molar-refractivity contribution is 6.08. The molecule has 0 saturated carbocycles. The number of hydrogen-bond donors (Lipinski definition) is 0. The van der Waals surface area contributed by atoms with Crippen LogP contribution in [-0.2, 0) is 12.8 Å². The molecule has 0 aromatic heterocycles. The predicted octanol–water partition coefficient (Wildman–Crippen LogP) is 4.39. The van der Waals surface area contributed by atoms with Gasteiger partial charge in [0.1, 0.15) is 5.75 Å². The Labute approximate surface area is 144 Å². The fraction of sp³-hybridized carbons (Fsp3) is 0.316. The summed E-state index contributed by atoms with van der Waals surface area (Å²) in [5.74, 6) is 0.612. The summed E-state index contributed by atoms with van der Waals surface area (Å²) >= 11 is 0. The number of halogens is 3. The number of amides is 1. The molecule has 2 aromatic rings. The minimum absolute atomic E-state index is 0.0552. The van der Waals surface area contributed by atoms with Crippen molar-refractivity contribution in [2.75, 3.05) is 18.6 Å². The van der Waals surface area contributed by atoms with Gasteiger partial charge in [-0.1, -0.05) is 12.1 Å². The molecule has 3 rings (SSSR count). The van der Waals surface area contributed by atoms with Crippen molar-refractivity contribution in [3.05, 3.63) is 59.2 Å². The molecule has 0 saturated heterocycles. The number of ether oxygens (including phenoxy) is 1. The smallest absolute Gasteiger partial charge is 0.389 e. The first-order chi connectivity index (χ1) is 11.9. The van der Waals surface area contributed by atoms with E-state index in [0.29, 0.717) is 35.5 Å². The van der Waals surface area contributed by atoms with E-state index in [1.54, 1.807) is 48.4 Å². The van der Waals surface area contributed by atoms with E-state index in [-0.39, 0.29) is 12.3 Å². The summed E-state index contributed by atoms with van der Waals surface area (Å²) in [6.07, 6.45) is -4.36. The molecule has 1 heterocycles. The normalized spacial score (nSPS) is 14.4. The fourth-order valence-electron chi connectivity index (χ4n) is 2.97. The molecule has 0 unspecified atom stereocenters. The first-order valence-corrected chi connectivity index (χ1v) is 8.02. The predicted molar refractivity (Wildman–Crippen MR) is 89.2 cm³/mol. The molecule has 0 N–H and O–H groups in total. The molecule has 132 valence electrons. The molecule has 0 bridgehead atoms. The van der Waals surface area contributed by atoms with Crippen molar-refractivity contribution < 1.29 is 22.7 Å². The summed E-state index contributed by atoms with van der Waals surface area (Å²) in [5.41, 5.74) is 2.88. The van der Waals surface area contributed by atoms with Crippen LogP contribution in [0.1, 0.15) is 27.9 Å². The number of nitrogens with zero attached hydrogens (tertiary/aromatic N) is 1. The number of fused-ring (bicyclic) bond motifs is 1. The zero-order valence-corrected chi connectivity index (χ0v) is 13.8. The molecule has 2 aromatic carbocycles. The van der Waals surface area contributed by atoms with Crippen molar-refractivity contribution in [3.8, 4) is 5.75 Å². The lowest BCUT2D eigenvalue weighted by Gasteiger charge is -2.29. The second-order valence-corrected chi connectivity index (χ2v) is 6.01. The Morgan fingerprint density at radius 1 is 1.12 bits per heavy atom. The molecular formula is C19H18F3NO2. The van der Waals surface area contributed by atoms with Crippen molar-refractivity contribution in [1.29, 1.82) is 0 Å². The van der Waals surface area contributed by atoms with E-state index >= 15 is 0 Å². The van der Waals surface area contributed by atoms with Crippen LogP contribution < -0.4 is 9.64 Å². The molecule has 0 atom stereocenters. The van der Waals surface area contributed by atoms with Gasteiger partial charge in [-0.05, 0) is 54.3 Å². The number of carbonyl (C=O) groups is 1. The molecule has 25 heavy (non-hydrogen) atoms. The first-order valence-electron chi connectivity index (χ1n) is 8.02. The van der Waals surface area contributed by atoms with Crippen LogP contribution in [0, 0.1) is 0 Å². The number of aryl methyl sites for hydroxylation is 1. The van der Waals surface area contributed by atoms with Crippen LogP contribution >= 0.6 is 0 Å². The van der Waals surface area contributed by atoms with Crippen LogP contribution in [0.2, 0.25) is 0 Å². The number of hydrogen-bond acceptors (Lipinski definition) is 2. The molecule has 3 nitrogen and oxygen atoms in total. The molecule has 0 fully saturated rings. The summed E-state index contributed by atoms with van der Waals surface area (Å²) < 4.78 is 42.1. The van der Waals surface area contributed by atoms with Crippen molar-refractivity contribution in [1.82, 2.24) is 0 Å². The quantitative estimate of drug-likeness (QED) is 0.819. The highest BCUT2D eigenvalue weighted by Crippen LogP contribution is 2.28. The van der Waals surface area contributed by atoms with Gasteiger partial charge in [0.25, 0.3) is 5.91 Å². The van der Waals surface area contributed by atoms with Crippen molar-refractivity contribution in [3.63, 3.8) is 0 Å². The van der Waals surface area contributed by atoms with Crippen LogP contribution in [0.25, 0.3) is 0 Å². The average Bonchev–Trinajstić information content (AvgIpc) is 2.60. The summed E-state index contributed by atoms with van der Waals surface area (Å²) in [5, 5.41) is 0. The van der Waals surface area contributed by atoms with Crippen molar-refractivity contribution >= 4 is 11.6 Å². The SMILES string of the molecule is COc1ccc2c(c1)CCN(c1ccc(CCC(F)(F)F)cc1)C2=O. The molecule has 0 aliphatic carbocycles. The maximum absolute atomic E-state index is 12.7. The zero-order valence-electron chi connectivity index (χ0n) is 13.8. The summed E-state index contributed by atoms with van der Waals surface area (Å²) in [7, 11) is 1.58. The fourth-order valence-corrected chi connectivity index (χ4v) is 2.97. The van der Waals surface area contributed by atoms with Crippen LogP contribution in [0.15, 0.2) is 42.5 Å². The second kappa shape index (κ2) is 6.78. The van der Waals surface area contributed by atoms with Crippen LogP contribution in [0.4, 0.5) is 18.9 Å². The average molecular weight is 349 g/mol. The Balaban J connectivity index is 1.75. The van der Waals surface area contributed by atoms with Gasteiger partial charge in [-0.25, -0.2) is 0 Å². The number of anilines is 1. The molecule has 0 spiro atoms. The Morgan fingerprint density at radius 3 is 2.48 bits per heavy atom. The Hall–Kier alpha value is -2.50. The number of benzene rings is 2. The summed E-state index contributed by atoms with van der Waals surface area (Å²) in [6.45, 7) is 0.529. The molecule has 1 aliphatic rings. The number of rotatable bonds is 4. The van der Waals surface area contributed by atoms with Gasteiger partial charge in [0.05, 0.1) is 7.11 Å². The maximum Gasteiger partial charge on any atom is 0.389 e. The third kappa shape index (κ3) is 3.95. The first kappa shape index (κ1) is 17.3. The number of methoxy groups -OCH3 is 1. The van der Waals surface area contributed by atoms with Crippen LogP contribution in [0.5, 0.6) is 5.75 Å². The highest BCUT2D eigenvalue weighted by atomic mass is 19.4. The highest BCUT2D eigenvalue weighted by Gasteiger charge is 2.27. The summed E-state index contributed by atoms with van der Waals surface area (Å²) in [4.78, 5) is 14.4. The van der Waals surface area contributed by atoms with E-state index in [9.17, 15) is 18.0 Å². The molecule has 1 amide bonds. The largest absolute Gasteiger partial charge is 0.497 e. The van der Waals surface area contributed by atoms with Crippen LogP contribution in [0.3, 0.4) is 0 Å². The summed E-state index contributed by atoms with van der Waals surface area (Å²) in [6, 6.07) is 12.1. The van der Waals surface area contributed by atoms with Gasteiger partial charge < -0.3 is 9.64 Å². The van der Waals surface area contributed by atoms with E-state index in [1.807, 2.05) is 6.07 Å². The Bertz CT molecular complexity index is 769. The minimum atomic E-state index is -4.16. The van der Waals surface area contributed by atoms with Crippen molar-refractivity contribution in [2.24, 2.45) is 0 Å². The Morgan fingerprint density at radius 2 is 1.84 bits per heavy atom. The molecule has 1 aliphatic heterocycles. The molecule has 6 heteroatoms. The van der Waals surface area contributed by atoms with E-state index in [1.165, 1.54) is 0 Å². The van der Waals surface area contributed by atoms with Crippen molar-refractivity contribution in [2.45, 2.75) is 25.4 Å². The Kier molecular flexibility index (Phi) is 4.70. The lowest BCUT2D eigenvalue weighted by Crippen LogP contribution is -2.37. The zero-order chi connectivity index (χ0) is 18.0. The van der Waals surface area contributed by atoms with Gasteiger partial charge in [0.2, 0.25) is 0 Å². The maximum atomic E-state index is 12.7. The lowest BCUT2D eigenvalue weighted by molar-refractivity contribution is -0.133. The van der Waals surface area contributed by atoms with Gasteiger partial charge in [0.15, 0.2) is 0 Å². The molecule has 0 radical (unpaired) electrons.